The average molecular weight is 259 g/mol. The van der Waals surface area contributed by atoms with Crippen LogP contribution in [0.1, 0.15) is 0 Å². The molecular weight excluding hydrogens is 246 g/mol. The predicted octanol–water partition coefficient (Wildman–Crippen LogP) is 2.32. The average Bonchev–Trinajstić information content (AvgIpc) is 2.84. The maximum atomic E-state index is 12.5. The van der Waals surface area contributed by atoms with Gasteiger partial charge < -0.3 is 0 Å². The molecular formula is C14H13NO2S. The number of hydrogen-bond donors (Lipinski definition) is 0. The Morgan fingerprint density at radius 2 is 1.67 bits per heavy atom. The van der Waals surface area contributed by atoms with Gasteiger partial charge in [0.15, 0.2) is 0 Å². The first kappa shape index (κ1) is 11.3. The second-order valence-electron chi connectivity index (χ2n) is 4.33. The highest BCUT2D eigenvalue weighted by Crippen LogP contribution is 2.31. The Kier molecular flexibility index (Phi) is 2.59. The van der Waals surface area contributed by atoms with Crippen LogP contribution in [-0.2, 0) is 10.0 Å². The standard InChI is InChI=1S/C14H13NO2S/c16-18(17,13-7-2-1-3-8-13)15-11-10-12-6-4-5-9-14(12)15/h1-12,14H. The molecule has 1 aromatic carbocycles. The Bertz CT molecular complexity index is 629. The third-order valence-corrected chi connectivity index (χ3v) is 5.00. The summed E-state index contributed by atoms with van der Waals surface area (Å²) >= 11 is 0. The van der Waals surface area contributed by atoms with Crippen LogP contribution in [-0.4, -0.2) is 18.8 Å². The first-order valence-corrected chi connectivity index (χ1v) is 7.25. The normalized spacial score (nSPS) is 25.4. The molecule has 1 aliphatic carbocycles. The van der Waals surface area contributed by atoms with Crippen molar-refractivity contribution in [3.8, 4) is 0 Å². The molecule has 0 saturated carbocycles. The van der Waals surface area contributed by atoms with Crippen molar-refractivity contribution >= 4 is 10.0 Å². The SMILES string of the molecule is O=S(=O)(c1ccccc1)N1C=CC2C=CC=CC21. The van der Waals surface area contributed by atoms with Gasteiger partial charge in [-0.15, -0.1) is 0 Å². The molecule has 0 fully saturated rings. The zero-order valence-corrected chi connectivity index (χ0v) is 10.5. The monoisotopic (exact) mass is 259 g/mol. The Balaban J connectivity index is 1.99. The number of nitrogens with zero attached hydrogens (tertiary/aromatic N) is 1. The molecule has 1 aliphatic heterocycles. The van der Waals surface area contributed by atoms with E-state index in [2.05, 4.69) is 0 Å². The van der Waals surface area contributed by atoms with Crippen molar-refractivity contribution in [1.29, 1.82) is 0 Å². The molecule has 18 heavy (non-hydrogen) atoms. The van der Waals surface area contributed by atoms with Gasteiger partial charge in [0.2, 0.25) is 0 Å². The van der Waals surface area contributed by atoms with Crippen molar-refractivity contribution in [3.63, 3.8) is 0 Å². The summed E-state index contributed by atoms with van der Waals surface area (Å²) in [5, 5.41) is 0. The molecule has 0 bridgehead atoms. The third kappa shape index (κ3) is 1.69. The van der Waals surface area contributed by atoms with Crippen LogP contribution in [0.4, 0.5) is 0 Å². The van der Waals surface area contributed by atoms with Gasteiger partial charge in [0.25, 0.3) is 10.0 Å². The molecule has 0 amide bonds. The summed E-state index contributed by atoms with van der Waals surface area (Å²) in [5.41, 5.74) is 0. The predicted molar refractivity (Wildman–Crippen MR) is 70.2 cm³/mol. The first-order chi connectivity index (χ1) is 8.69. The van der Waals surface area contributed by atoms with Crippen LogP contribution in [0.25, 0.3) is 0 Å². The fourth-order valence-electron chi connectivity index (χ4n) is 2.28. The van der Waals surface area contributed by atoms with Crippen molar-refractivity contribution in [2.75, 3.05) is 0 Å². The van der Waals surface area contributed by atoms with E-state index in [1.54, 1.807) is 30.5 Å². The Labute approximate surface area is 107 Å². The lowest BCUT2D eigenvalue weighted by Crippen LogP contribution is -2.35. The molecule has 2 atom stereocenters. The fourth-order valence-corrected chi connectivity index (χ4v) is 3.79. The van der Waals surface area contributed by atoms with Crippen molar-refractivity contribution in [1.82, 2.24) is 4.31 Å². The zero-order valence-electron chi connectivity index (χ0n) is 9.68. The van der Waals surface area contributed by atoms with Gasteiger partial charge >= 0.3 is 0 Å². The minimum Gasteiger partial charge on any atom is -0.266 e. The third-order valence-electron chi connectivity index (χ3n) is 3.21. The minimum absolute atomic E-state index is 0.125. The summed E-state index contributed by atoms with van der Waals surface area (Å²) in [5.74, 6) is 0.147. The van der Waals surface area contributed by atoms with Gasteiger partial charge in [-0.2, -0.15) is 0 Å². The fraction of sp³-hybridized carbons (Fsp3) is 0.143. The van der Waals surface area contributed by atoms with Crippen LogP contribution in [0.5, 0.6) is 0 Å². The van der Waals surface area contributed by atoms with E-state index < -0.39 is 10.0 Å². The van der Waals surface area contributed by atoms with Crippen LogP contribution in [0.15, 0.2) is 71.8 Å². The van der Waals surface area contributed by atoms with Gasteiger partial charge in [-0.3, -0.25) is 4.31 Å². The molecule has 0 saturated heterocycles. The highest BCUT2D eigenvalue weighted by Gasteiger charge is 2.35. The highest BCUT2D eigenvalue weighted by molar-refractivity contribution is 7.89. The van der Waals surface area contributed by atoms with Gasteiger partial charge in [-0.25, -0.2) is 8.42 Å². The zero-order chi connectivity index (χ0) is 12.6. The van der Waals surface area contributed by atoms with E-state index in [9.17, 15) is 8.42 Å². The second kappa shape index (κ2) is 4.14. The van der Waals surface area contributed by atoms with Crippen LogP contribution in [0.3, 0.4) is 0 Å². The van der Waals surface area contributed by atoms with Crippen LogP contribution >= 0.6 is 0 Å². The number of sulfonamides is 1. The van der Waals surface area contributed by atoms with Gasteiger partial charge in [0, 0.05) is 12.1 Å². The molecule has 0 aromatic heterocycles. The molecule has 0 N–H and O–H groups in total. The Morgan fingerprint density at radius 3 is 2.44 bits per heavy atom. The highest BCUT2D eigenvalue weighted by atomic mass is 32.2. The maximum Gasteiger partial charge on any atom is 0.264 e. The molecule has 4 heteroatoms. The number of allylic oxidation sites excluding steroid dienone is 2. The van der Waals surface area contributed by atoms with E-state index in [1.165, 1.54) is 4.31 Å². The first-order valence-electron chi connectivity index (χ1n) is 5.81. The summed E-state index contributed by atoms with van der Waals surface area (Å²) in [7, 11) is -3.45. The molecule has 92 valence electrons. The van der Waals surface area contributed by atoms with Gasteiger partial charge in [0.1, 0.15) is 0 Å². The molecule has 3 rings (SSSR count). The molecule has 0 radical (unpaired) electrons. The number of rotatable bonds is 2. The van der Waals surface area contributed by atoms with Gasteiger partial charge in [-0.1, -0.05) is 48.6 Å². The summed E-state index contributed by atoms with van der Waals surface area (Å²) in [6.07, 6.45) is 11.4. The quantitative estimate of drug-likeness (QED) is 0.817. The topological polar surface area (TPSA) is 37.4 Å². The molecule has 2 aliphatic rings. The van der Waals surface area contributed by atoms with Gasteiger partial charge in [0.05, 0.1) is 10.9 Å². The molecule has 2 unspecified atom stereocenters. The van der Waals surface area contributed by atoms with E-state index in [0.29, 0.717) is 4.90 Å². The summed E-state index contributed by atoms with van der Waals surface area (Å²) in [4.78, 5) is 0.332. The van der Waals surface area contributed by atoms with E-state index in [1.807, 2.05) is 36.4 Å². The number of hydrogen-bond acceptors (Lipinski definition) is 2. The Morgan fingerprint density at radius 1 is 0.944 bits per heavy atom. The summed E-state index contributed by atoms with van der Waals surface area (Å²) in [6, 6.07) is 8.41. The minimum atomic E-state index is -3.45. The van der Waals surface area contributed by atoms with E-state index in [4.69, 9.17) is 0 Å². The van der Waals surface area contributed by atoms with E-state index >= 15 is 0 Å². The lowest BCUT2D eigenvalue weighted by atomic mass is 9.98. The second-order valence-corrected chi connectivity index (χ2v) is 6.17. The van der Waals surface area contributed by atoms with Crippen LogP contribution in [0.2, 0.25) is 0 Å². The van der Waals surface area contributed by atoms with Crippen molar-refractivity contribution in [3.05, 3.63) is 66.9 Å². The number of benzene rings is 1. The molecule has 3 nitrogen and oxygen atoms in total. The summed E-state index contributed by atoms with van der Waals surface area (Å²) < 4.78 is 26.4. The van der Waals surface area contributed by atoms with E-state index in [-0.39, 0.29) is 12.0 Å². The van der Waals surface area contributed by atoms with E-state index in [0.717, 1.165) is 0 Å². The molecule has 0 spiro atoms. The molecule has 1 aromatic rings. The smallest absolute Gasteiger partial charge is 0.264 e. The lowest BCUT2D eigenvalue weighted by molar-refractivity contribution is 0.441. The summed E-state index contributed by atoms with van der Waals surface area (Å²) in [6.45, 7) is 0. The largest absolute Gasteiger partial charge is 0.266 e. The maximum absolute atomic E-state index is 12.5. The Hall–Kier alpha value is -1.81. The van der Waals surface area contributed by atoms with Crippen molar-refractivity contribution < 1.29 is 8.42 Å². The van der Waals surface area contributed by atoms with Gasteiger partial charge in [-0.05, 0) is 12.1 Å². The van der Waals surface area contributed by atoms with Crippen molar-refractivity contribution in [2.24, 2.45) is 5.92 Å². The lowest BCUT2D eigenvalue weighted by Gasteiger charge is -2.26. The van der Waals surface area contributed by atoms with Crippen LogP contribution in [0, 0.1) is 5.92 Å². The van der Waals surface area contributed by atoms with Crippen LogP contribution < -0.4 is 0 Å². The molecule has 1 heterocycles. The van der Waals surface area contributed by atoms with Crippen molar-refractivity contribution in [2.45, 2.75) is 10.9 Å². The number of fused-ring (bicyclic) bond motifs is 1.